The largest absolute Gasteiger partial charge is 0.465 e. The number of rotatable bonds is 4. The molecule has 0 saturated carbocycles. The van der Waals surface area contributed by atoms with Gasteiger partial charge in [-0.3, -0.25) is 0 Å². The number of carbonyl (C=O) groups is 1. The molecule has 5 heteroatoms. The van der Waals surface area contributed by atoms with Crippen molar-refractivity contribution in [1.82, 2.24) is 4.90 Å². The number of amides is 1. The van der Waals surface area contributed by atoms with Crippen molar-refractivity contribution in [3.8, 4) is 0 Å². The van der Waals surface area contributed by atoms with Gasteiger partial charge in [-0.25, -0.2) is 4.79 Å². The summed E-state index contributed by atoms with van der Waals surface area (Å²) in [5.74, 6) is 0.371. The van der Waals surface area contributed by atoms with Crippen molar-refractivity contribution in [2.24, 2.45) is 5.92 Å². The number of carboxylic acid groups (broad SMARTS) is 1. The van der Waals surface area contributed by atoms with Crippen molar-refractivity contribution in [3.63, 3.8) is 0 Å². The summed E-state index contributed by atoms with van der Waals surface area (Å²) in [5, 5.41) is 17.8. The van der Waals surface area contributed by atoms with E-state index in [2.05, 4.69) is 0 Å². The van der Waals surface area contributed by atoms with E-state index < -0.39 is 12.4 Å². The van der Waals surface area contributed by atoms with E-state index >= 15 is 0 Å². The summed E-state index contributed by atoms with van der Waals surface area (Å²) < 4.78 is 4.71. The molecule has 1 aliphatic rings. The molecule has 0 aromatic heterocycles. The molecule has 1 aliphatic heterocycles. The summed E-state index contributed by atoms with van der Waals surface area (Å²) >= 11 is 0. The molecule has 2 atom stereocenters. The molecule has 0 radical (unpaired) electrons. The quantitative estimate of drug-likeness (QED) is 0.661. The Bertz CT molecular complexity index is 197. The highest BCUT2D eigenvalue weighted by Crippen LogP contribution is 2.21. The van der Waals surface area contributed by atoms with Crippen molar-refractivity contribution in [2.75, 3.05) is 20.2 Å². The van der Waals surface area contributed by atoms with Gasteiger partial charge in [-0.15, -0.1) is 0 Å². The zero-order valence-corrected chi connectivity index (χ0v) is 8.35. The van der Waals surface area contributed by atoms with E-state index in [4.69, 9.17) is 14.9 Å². The summed E-state index contributed by atoms with van der Waals surface area (Å²) in [7, 11) is 1.46. The number of hydrogen-bond donors (Lipinski definition) is 2. The third kappa shape index (κ3) is 3.16. The lowest BCUT2D eigenvalue weighted by molar-refractivity contribution is -0.0809. The van der Waals surface area contributed by atoms with Crippen molar-refractivity contribution in [3.05, 3.63) is 0 Å². The molecule has 0 aromatic rings. The maximum Gasteiger partial charge on any atom is 0.407 e. The number of aliphatic hydroxyl groups is 1. The second-order valence-electron chi connectivity index (χ2n) is 3.65. The zero-order chi connectivity index (χ0) is 10.6. The Morgan fingerprint density at radius 1 is 1.71 bits per heavy atom. The molecule has 1 amide bonds. The third-order valence-corrected chi connectivity index (χ3v) is 2.65. The predicted molar refractivity (Wildman–Crippen MR) is 50.0 cm³/mol. The van der Waals surface area contributed by atoms with Crippen LogP contribution in [0.5, 0.6) is 0 Å². The predicted octanol–water partition coefficient (Wildman–Crippen LogP) is 0.731. The van der Waals surface area contributed by atoms with E-state index in [-0.39, 0.29) is 0 Å². The fraction of sp³-hybridized carbons (Fsp3) is 0.889. The molecule has 1 fully saturated rings. The van der Waals surface area contributed by atoms with E-state index in [1.807, 2.05) is 0 Å². The molecule has 1 saturated heterocycles. The number of ether oxygens (including phenoxy) is 1. The van der Waals surface area contributed by atoms with Gasteiger partial charge in [-0.1, -0.05) is 0 Å². The molecule has 2 N–H and O–H groups in total. The number of methoxy groups -OCH3 is 1. The molecular weight excluding hydrogens is 186 g/mol. The second kappa shape index (κ2) is 5.17. The minimum absolute atomic E-state index is 0.371. The molecule has 14 heavy (non-hydrogen) atoms. The Morgan fingerprint density at radius 3 is 2.93 bits per heavy atom. The van der Waals surface area contributed by atoms with Gasteiger partial charge < -0.3 is 19.8 Å². The molecule has 0 aromatic carbocycles. The SMILES string of the molecule is COC(O)CCC1CCN(C(=O)O)C1. The lowest BCUT2D eigenvalue weighted by Crippen LogP contribution is -2.26. The molecule has 82 valence electrons. The Labute approximate surface area is 83.3 Å². The first-order valence-corrected chi connectivity index (χ1v) is 4.82. The average molecular weight is 203 g/mol. The Hall–Kier alpha value is -0.810. The highest BCUT2D eigenvalue weighted by molar-refractivity contribution is 5.65. The maximum atomic E-state index is 10.6. The first-order valence-electron chi connectivity index (χ1n) is 4.82. The first-order chi connectivity index (χ1) is 6.63. The van der Waals surface area contributed by atoms with Gasteiger partial charge in [-0.2, -0.15) is 0 Å². The fourth-order valence-corrected chi connectivity index (χ4v) is 1.74. The van der Waals surface area contributed by atoms with Gasteiger partial charge in [0.25, 0.3) is 0 Å². The van der Waals surface area contributed by atoms with E-state index in [0.717, 1.165) is 12.8 Å². The van der Waals surface area contributed by atoms with E-state index in [0.29, 0.717) is 25.4 Å². The van der Waals surface area contributed by atoms with E-state index in [1.54, 1.807) is 0 Å². The number of aliphatic hydroxyl groups excluding tert-OH is 1. The maximum absolute atomic E-state index is 10.6. The van der Waals surface area contributed by atoms with Crippen LogP contribution in [0.2, 0.25) is 0 Å². The van der Waals surface area contributed by atoms with Gasteiger partial charge in [0, 0.05) is 20.2 Å². The molecule has 1 heterocycles. The Kier molecular flexibility index (Phi) is 4.16. The normalized spacial score (nSPS) is 23.9. The number of nitrogens with zero attached hydrogens (tertiary/aromatic N) is 1. The van der Waals surface area contributed by atoms with Crippen molar-refractivity contribution in [1.29, 1.82) is 0 Å². The summed E-state index contributed by atoms with van der Waals surface area (Å²) in [6.45, 7) is 1.20. The fourth-order valence-electron chi connectivity index (χ4n) is 1.74. The van der Waals surface area contributed by atoms with Crippen LogP contribution >= 0.6 is 0 Å². The molecule has 0 aliphatic carbocycles. The van der Waals surface area contributed by atoms with Crippen LogP contribution in [0.4, 0.5) is 4.79 Å². The van der Waals surface area contributed by atoms with Gasteiger partial charge in [0.1, 0.15) is 0 Å². The average Bonchev–Trinajstić information content (AvgIpc) is 2.62. The van der Waals surface area contributed by atoms with Crippen LogP contribution in [0.25, 0.3) is 0 Å². The zero-order valence-electron chi connectivity index (χ0n) is 8.35. The van der Waals surface area contributed by atoms with Crippen LogP contribution in [-0.4, -0.2) is 47.7 Å². The van der Waals surface area contributed by atoms with Gasteiger partial charge in [-0.05, 0) is 25.2 Å². The summed E-state index contributed by atoms with van der Waals surface area (Å²) in [6, 6.07) is 0. The lowest BCUT2D eigenvalue weighted by Gasteiger charge is -2.13. The van der Waals surface area contributed by atoms with Crippen LogP contribution < -0.4 is 0 Å². The van der Waals surface area contributed by atoms with Crippen LogP contribution in [0.3, 0.4) is 0 Å². The minimum Gasteiger partial charge on any atom is -0.465 e. The first kappa shape index (κ1) is 11.3. The van der Waals surface area contributed by atoms with E-state index in [1.165, 1.54) is 12.0 Å². The van der Waals surface area contributed by atoms with Crippen molar-refractivity contribution < 1.29 is 19.7 Å². The molecule has 2 unspecified atom stereocenters. The van der Waals surface area contributed by atoms with Crippen LogP contribution in [-0.2, 0) is 4.74 Å². The highest BCUT2D eigenvalue weighted by Gasteiger charge is 2.25. The number of likely N-dealkylation sites (tertiary alicyclic amines) is 1. The molecular formula is C9H17NO4. The smallest absolute Gasteiger partial charge is 0.407 e. The topological polar surface area (TPSA) is 70.0 Å². The Morgan fingerprint density at radius 2 is 2.43 bits per heavy atom. The van der Waals surface area contributed by atoms with Crippen molar-refractivity contribution >= 4 is 6.09 Å². The molecule has 1 rings (SSSR count). The molecule has 5 nitrogen and oxygen atoms in total. The Balaban J connectivity index is 2.19. The van der Waals surface area contributed by atoms with E-state index in [9.17, 15) is 4.79 Å². The van der Waals surface area contributed by atoms with Gasteiger partial charge in [0.05, 0.1) is 0 Å². The monoisotopic (exact) mass is 203 g/mol. The second-order valence-corrected chi connectivity index (χ2v) is 3.65. The van der Waals surface area contributed by atoms with Crippen LogP contribution in [0.15, 0.2) is 0 Å². The van der Waals surface area contributed by atoms with Gasteiger partial charge in [0.15, 0.2) is 6.29 Å². The van der Waals surface area contributed by atoms with Crippen LogP contribution in [0.1, 0.15) is 19.3 Å². The van der Waals surface area contributed by atoms with Gasteiger partial charge >= 0.3 is 6.09 Å². The van der Waals surface area contributed by atoms with Gasteiger partial charge in [0.2, 0.25) is 0 Å². The molecule has 0 spiro atoms. The molecule has 0 bridgehead atoms. The third-order valence-electron chi connectivity index (χ3n) is 2.65. The summed E-state index contributed by atoms with van der Waals surface area (Å²) in [5.41, 5.74) is 0. The summed E-state index contributed by atoms with van der Waals surface area (Å²) in [6.07, 6.45) is 0.726. The van der Waals surface area contributed by atoms with Crippen molar-refractivity contribution in [2.45, 2.75) is 25.6 Å². The summed E-state index contributed by atoms with van der Waals surface area (Å²) in [4.78, 5) is 12.0. The standard InChI is InChI=1S/C9H17NO4/c1-14-8(11)3-2-7-4-5-10(6-7)9(12)13/h7-8,11H,2-6H2,1H3,(H,12,13). The highest BCUT2D eigenvalue weighted by atomic mass is 16.6. The van der Waals surface area contributed by atoms with Crippen LogP contribution in [0, 0.1) is 5.92 Å². The number of hydrogen-bond acceptors (Lipinski definition) is 3. The lowest BCUT2D eigenvalue weighted by atomic mass is 10.0. The minimum atomic E-state index is -0.847.